The van der Waals surface area contributed by atoms with E-state index in [1.807, 2.05) is 60.7 Å². The van der Waals surface area contributed by atoms with Gasteiger partial charge in [0.25, 0.3) is 5.91 Å². The Labute approximate surface area is 157 Å². The molecule has 4 rings (SSSR count). The molecule has 0 spiro atoms. The van der Waals surface area contributed by atoms with Gasteiger partial charge in [-0.25, -0.2) is 4.68 Å². The van der Waals surface area contributed by atoms with E-state index in [9.17, 15) is 4.79 Å². The summed E-state index contributed by atoms with van der Waals surface area (Å²) in [5, 5.41) is 8.36. The quantitative estimate of drug-likeness (QED) is 0.503. The van der Waals surface area contributed by atoms with Gasteiger partial charge < -0.3 is 5.32 Å². The Kier molecular flexibility index (Phi) is 4.38. The van der Waals surface area contributed by atoms with E-state index in [2.05, 4.69) is 26.3 Å². The molecule has 0 aliphatic rings. The molecule has 0 aliphatic carbocycles. The summed E-state index contributed by atoms with van der Waals surface area (Å²) in [5.41, 5.74) is 1.12. The van der Waals surface area contributed by atoms with E-state index in [1.165, 1.54) is 11.3 Å². The molecule has 0 unspecified atom stereocenters. The Morgan fingerprint density at radius 3 is 2.72 bits per heavy atom. The summed E-state index contributed by atoms with van der Waals surface area (Å²) in [5.74, 6) is 0.573. The molecule has 0 fully saturated rings. The Bertz CT molecular complexity index is 1000. The Morgan fingerprint density at radius 1 is 1.12 bits per heavy atom. The van der Waals surface area contributed by atoms with Gasteiger partial charge in [-0.15, -0.1) is 11.3 Å². The molecule has 0 radical (unpaired) electrons. The maximum absolute atomic E-state index is 12.6. The minimum absolute atomic E-state index is 0.112. The highest BCUT2D eigenvalue weighted by Crippen LogP contribution is 2.26. The molecule has 0 saturated heterocycles. The fraction of sp³-hybridized carbons (Fsp3) is 0.0526. The molecule has 2 aromatic carbocycles. The molecule has 0 saturated carbocycles. The number of carbonyl (C=O) groups is 1. The third kappa shape index (κ3) is 3.50. The van der Waals surface area contributed by atoms with E-state index in [0.717, 1.165) is 20.1 Å². The number of fused-ring (bicyclic) bond motifs is 1. The van der Waals surface area contributed by atoms with Gasteiger partial charge in [-0.2, -0.15) is 5.10 Å². The number of halogens is 1. The lowest BCUT2D eigenvalue weighted by atomic mass is 10.2. The first-order valence-corrected chi connectivity index (χ1v) is 9.36. The Balaban J connectivity index is 1.53. The van der Waals surface area contributed by atoms with Crippen molar-refractivity contribution in [1.82, 2.24) is 9.78 Å². The van der Waals surface area contributed by atoms with Crippen molar-refractivity contribution in [3.8, 4) is 0 Å². The van der Waals surface area contributed by atoms with Crippen LogP contribution < -0.4 is 5.32 Å². The van der Waals surface area contributed by atoms with Crippen molar-refractivity contribution in [2.75, 3.05) is 5.32 Å². The summed E-state index contributed by atoms with van der Waals surface area (Å²) >= 11 is 4.92. The van der Waals surface area contributed by atoms with E-state index in [4.69, 9.17) is 0 Å². The zero-order chi connectivity index (χ0) is 17.2. The molecule has 25 heavy (non-hydrogen) atoms. The maximum atomic E-state index is 12.6. The van der Waals surface area contributed by atoms with Crippen molar-refractivity contribution in [2.24, 2.45) is 0 Å². The van der Waals surface area contributed by atoms with E-state index >= 15 is 0 Å². The third-order valence-electron chi connectivity index (χ3n) is 3.85. The van der Waals surface area contributed by atoms with Gasteiger partial charge in [-0.1, -0.05) is 46.3 Å². The second-order valence-corrected chi connectivity index (χ2v) is 7.60. The van der Waals surface area contributed by atoms with Gasteiger partial charge in [0, 0.05) is 15.2 Å². The van der Waals surface area contributed by atoms with E-state index in [0.29, 0.717) is 17.2 Å². The first-order valence-electron chi connectivity index (χ1n) is 7.75. The molecule has 0 atom stereocenters. The third-order valence-corrected chi connectivity index (χ3v) is 5.50. The van der Waals surface area contributed by atoms with Gasteiger partial charge in [-0.3, -0.25) is 4.79 Å². The van der Waals surface area contributed by atoms with Crippen molar-refractivity contribution in [2.45, 2.75) is 6.54 Å². The molecule has 2 aromatic heterocycles. The smallest absolute Gasteiger partial charge is 0.266 e. The van der Waals surface area contributed by atoms with Crippen molar-refractivity contribution in [3.63, 3.8) is 0 Å². The van der Waals surface area contributed by atoms with Gasteiger partial charge in [0.1, 0.15) is 5.82 Å². The van der Waals surface area contributed by atoms with Crippen molar-refractivity contribution < 1.29 is 4.79 Å². The van der Waals surface area contributed by atoms with E-state index < -0.39 is 0 Å². The molecule has 4 nitrogen and oxygen atoms in total. The monoisotopic (exact) mass is 411 g/mol. The average molecular weight is 412 g/mol. The number of anilines is 1. The lowest BCUT2D eigenvalue weighted by Crippen LogP contribution is -2.15. The minimum atomic E-state index is -0.112. The number of rotatable bonds is 4. The molecule has 4 aromatic rings. The number of hydrogen-bond donors (Lipinski definition) is 1. The number of aromatic nitrogens is 2. The van der Waals surface area contributed by atoms with Crippen LogP contribution in [0.3, 0.4) is 0 Å². The summed E-state index contributed by atoms with van der Waals surface area (Å²) in [6, 6.07) is 19.8. The SMILES string of the molecule is O=C(Nc1ccnn1Cc1ccc(Br)cc1)c1cc2ccccc2s1. The predicted octanol–water partition coefficient (Wildman–Crippen LogP) is 5.16. The standard InChI is InChI=1S/C19H14BrN3OS/c20-15-7-5-13(6-8-15)12-23-18(9-10-21-23)22-19(24)17-11-14-3-1-2-4-16(14)25-17/h1-11H,12H2,(H,22,24). The van der Waals surface area contributed by atoms with Gasteiger partial charge >= 0.3 is 0 Å². The molecule has 0 aliphatic heterocycles. The van der Waals surface area contributed by atoms with Gasteiger partial charge in [0.05, 0.1) is 17.6 Å². The fourth-order valence-corrected chi connectivity index (χ4v) is 3.82. The maximum Gasteiger partial charge on any atom is 0.266 e. The highest BCUT2D eigenvalue weighted by atomic mass is 79.9. The minimum Gasteiger partial charge on any atom is -0.306 e. The van der Waals surface area contributed by atoms with Crippen molar-refractivity contribution in [1.29, 1.82) is 0 Å². The predicted molar refractivity (Wildman–Crippen MR) is 105 cm³/mol. The topological polar surface area (TPSA) is 46.9 Å². The van der Waals surface area contributed by atoms with Crippen LogP contribution >= 0.6 is 27.3 Å². The molecule has 124 valence electrons. The summed E-state index contributed by atoms with van der Waals surface area (Å²) in [6.07, 6.45) is 1.69. The fourth-order valence-electron chi connectivity index (χ4n) is 2.60. The van der Waals surface area contributed by atoms with Gasteiger partial charge in [0.2, 0.25) is 0 Å². The lowest BCUT2D eigenvalue weighted by Gasteiger charge is -2.08. The number of hydrogen-bond acceptors (Lipinski definition) is 3. The van der Waals surface area contributed by atoms with Gasteiger partial charge in [-0.05, 0) is 35.2 Å². The summed E-state index contributed by atoms with van der Waals surface area (Å²) in [4.78, 5) is 13.3. The summed E-state index contributed by atoms with van der Waals surface area (Å²) in [7, 11) is 0. The molecular weight excluding hydrogens is 398 g/mol. The zero-order valence-electron chi connectivity index (χ0n) is 13.1. The normalized spacial score (nSPS) is 10.9. The Morgan fingerprint density at radius 2 is 1.92 bits per heavy atom. The largest absolute Gasteiger partial charge is 0.306 e. The van der Waals surface area contributed by atoms with Crippen LogP contribution in [0.4, 0.5) is 5.82 Å². The van der Waals surface area contributed by atoms with Crippen LogP contribution in [0, 0.1) is 0 Å². The van der Waals surface area contributed by atoms with Gasteiger partial charge in [0.15, 0.2) is 0 Å². The van der Waals surface area contributed by atoms with Crippen LogP contribution in [0.2, 0.25) is 0 Å². The highest BCUT2D eigenvalue weighted by Gasteiger charge is 2.13. The Hall–Kier alpha value is -2.44. The van der Waals surface area contributed by atoms with Crippen molar-refractivity contribution in [3.05, 3.63) is 81.8 Å². The van der Waals surface area contributed by atoms with Crippen molar-refractivity contribution >= 4 is 49.1 Å². The van der Waals surface area contributed by atoms with Crippen LogP contribution in [0.1, 0.15) is 15.2 Å². The number of benzene rings is 2. The zero-order valence-corrected chi connectivity index (χ0v) is 15.5. The first-order chi connectivity index (χ1) is 12.2. The number of thiophene rings is 1. The van der Waals surface area contributed by atoms with Crippen LogP contribution in [0.5, 0.6) is 0 Å². The second-order valence-electron chi connectivity index (χ2n) is 5.60. The van der Waals surface area contributed by atoms with Crippen LogP contribution in [0.25, 0.3) is 10.1 Å². The first kappa shape index (κ1) is 16.1. The van der Waals surface area contributed by atoms with E-state index in [-0.39, 0.29) is 5.91 Å². The molecule has 1 N–H and O–H groups in total. The summed E-state index contributed by atoms with van der Waals surface area (Å²) < 4.78 is 3.93. The average Bonchev–Trinajstić information content (AvgIpc) is 3.24. The molecule has 2 heterocycles. The molecule has 1 amide bonds. The van der Waals surface area contributed by atoms with Crippen LogP contribution in [0.15, 0.2) is 71.3 Å². The number of amides is 1. The van der Waals surface area contributed by atoms with Crippen LogP contribution in [-0.4, -0.2) is 15.7 Å². The lowest BCUT2D eigenvalue weighted by molar-refractivity contribution is 0.102. The second kappa shape index (κ2) is 6.82. The molecule has 0 bridgehead atoms. The summed E-state index contributed by atoms with van der Waals surface area (Å²) in [6.45, 7) is 0.600. The molecular formula is C19H14BrN3OS. The number of nitrogens with zero attached hydrogens (tertiary/aromatic N) is 2. The van der Waals surface area contributed by atoms with Crippen LogP contribution in [-0.2, 0) is 6.54 Å². The van der Waals surface area contributed by atoms with E-state index in [1.54, 1.807) is 10.9 Å². The molecule has 6 heteroatoms. The number of nitrogens with one attached hydrogen (secondary N) is 1. The number of carbonyl (C=O) groups excluding carboxylic acids is 1. The highest BCUT2D eigenvalue weighted by molar-refractivity contribution is 9.10.